The number of aryl methyl sites for hydroxylation is 2. The fraction of sp³-hybridized carbons (Fsp3) is 0.556. The van der Waals surface area contributed by atoms with Gasteiger partial charge in [-0.2, -0.15) is 0 Å². The fourth-order valence-electron chi connectivity index (χ4n) is 3.10. The van der Waals surface area contributed by atoms with Crippen molar-refractivity contribution >= 4 is 11.9 Å². The molecular formula is C18H25NO3. The summed E-state index contributed by atoms with van der Waals surface area (Å²) in [6, 6.07) is 6.14. The minimum absolute atomic E-state index is 0.0170. The molecule has 3 atom stereocenters. The van der Waals surface area contributed by atoms with Crippen molar-refractivity contribution in [1.29, 1.82) is 0 Å². The molecular weight excluding hydrogens is 278 g/mol. The van der Waals surface area contributed by atoms with Gasteiger partial charge in [-0.25, -0.2) is 0 Å². The molecule has 0 aliphatic heterocycles. The quantitative estimate of drug-likeness (QED) is 0.896. The van der Waals surface area contributed by atoms with Crippen LogP contribution in [0.5, 0.6) is 0 Å². The van der Waals surface area contributed by atoms with E-state index in [2.05, 4.69) is 31.3 Å². The number of rotatable bonds is 4. The Bertz CT molecular complexity index is 567. The van der Waals surface area contributed by atoms with Gasteiger partial charge in [0.1, 0.15) is 0 Å². The Morgan fingerprint density at radius 3 is 2.50 bits per heavy atom. The van der Waals surface area contributed by atoms with E-state index in [9.17, 15) is 9.59 Å². The minimum Gasteiger partial charge on any atom is -0.481 e. The molecule has 0 bridgehead atoms. The molecule has 4 nitrogen and oxygen atoms in total. The van der Waals surface area contributed by atoms with Gasteiger partial charge in [0.2, 0.25) is 5.91 Å². The van der Waals surface area contributed by atoms with Gasteiger partial charge in [0.25, 0.3) is 0 Å². The third-order valence-electron chi connectivity index (χ3n) is 4.78. The van der Waals surface area contributed by atoms with Crippen molar-refractivity contribution in [3.05, 3.63) is 34.9 Å². The molecule has 0 heterocycles. The molecule has 0 spiro atoms. The number of carboxylic acid groups (broad SMARTS) is 1. The number of hydrogen-bond donors (Lipinski definition) is 2. The van der Waals surface area contributed by atoms with E-state index in [0.29, 0.717) is 12.8 Å². The van der Waals surface area contributed by atoms with E-state index in [-0.39, 0.29) is 23.8 Å². The van der Waals surface area contributed by atoms with Crippen LogP contribution in [0.3, 0.4) is 0 Å². The first-order valence-electron chi connectivity index (χ1n) is 7.98. The predicted molar refractivity (Wildman–Crippen MR) is 85.6 cm³/mol. The topological polar surface area (TPSA) is 66.4 Å². The van der Waals surface area contributed by atoms with Crippen molar-refractivity contribution in [3.63, 3.8) is 0 Å². The molecule has 4 heteroatoms. The molecule has 1 aliphatic carbocycles. The molecule has 120 valence electrons. The first kappa shape index (κ1) is 16.5. The maximum atomic E-state index is 12.4. The normalized spacial score (nSPS) is 22.9. The number of amides is 1. The van der Waals surface area contributed by atoms with Crippen molar-refractivity contribution in [3.8, 4) is 0 Å². The van der Waals surface area contributed by atoms with E-state index in [1.807, 2.05) is 13.0 Å². The van der Waals surface area contributed by atoms with Crippen LogP contribution in [-0.2, 0) is 9.59 Å². The molecule has 0 radical (unpaired) electrons. The van der Waals surface area contributed by atoms with Gasteiger partial charge in [0.15, 0.2) is 0 Å². The van der Waals surface area contributed by atoms with Gasteiger partial charge in [-0.3, -0.25) is 9.59 Å². The van der Waals surface area contributed by atoms with Gasteiger partial charge < -0.3 is 10.4 Å². The van der Waals surface area contributed by atoms with E-state index in [4.69, 9.17) is 5.11 Å². The summed E-state index contributed by atoms with van der Waals surface area (Å²) in [4.78, 5) is 23.5. The lowest BCUT2D eigenvalue weighted by Crippen LogP contribution is -2.36. The van der Waals surface area contributed by atoms with Crippen LogP contribution in [0.2, 0.25) is 0 Å². The average molecular weight is 303 g/mol. The lowest BCUT2D eigenvalue weighted by Gasteiger charge is -2.27. The number of carboxylic acids is 1. The molecule has 1 fully saturated rings. The third-order valence-corrected chi connectivity index (χ3v) is 4.78. The van der Waals surface area contributed by atoms with Crippen molar-refractivity contribution in [2.45, 2.75) is 52.5 Å². The van der Waals surface area contributed by atoms with E-state index >= 15 is 0 Å². The summed E-state index contributed by atoms with van der Waals surface area (Å²) in [5.41, 5.74) is 3.53. The lowest BCUT2D eigenvalue weighted by atomic mass is 9.81. The van der Waals surface area contributed by atoms with Crippen molar-refractivity contribution in [1.82, 2.24) is 5.32 Å². The standard InChI is InChI=1S/C18H25NO3/c1-11-7-8-14(9-12(11)2)13(3)19-17(20)15-5-4-6-16(10-15)18(21)22/h7-9,13,15-16H,4-6,10H2,1-3H3,(H,19,20)(H,21,22). The molecule has 2 rings (SSSR count). The smallest absolute Gasteiger partial charge is 0.306 e. The second kappa shape index (κ2) is 6.95. The first-order chi connectivity index (χ1) is 10.4. The predicted octanol–water partition coefficient (Wildman–Crippen LogP) is 3.37. The Balaban J connectivity index is 1.98. The Labute approximate surface area is 131 Å². The Morgan fingerprint density at radius 2 is 1.86 bits per heavy atom. The largest absolute Gasteiger partial charge is 0.481 e. The number of hydrogen-bond acceptors (Lipinski definition) is 2. The van der Waals surface area contributed by atoms with Crippen molar-refractivity contribution in [2.75, 3.05) is 0 Å². The minimum atomic E-state index is -0.778. The molecule has 0 saturated heterocycles. The number of carbonyl (C=O) groups excluding carboxylic acids is 1. The second-order valence-electron chi connectivity index (χ2n) is 6.47. The lowest BCUT2D eigenvalue weighted by molar-refractivity contribution is -0.144. The Kier molecular flexibility index (Phi) is 5.22. The number of carbonyl (C=O) groups is 2. The van der Waals surface area contributed by atoms with Gasteiger partial charge in [-0.1, -0.05) is 24.6 Å². The van der Waals surface area contributed by atoms with Crippen LogP contribution >= 0.6 is 0 Å². The summed E-state index contributed by atoms with van der Waals surface area (Å²) in [7, 11) is 0. The van der Waals surface area contributed by atoms with Crippen LogP contribution in [0.1, 0.15) is 55.3 Å². The summed E-state index contributed by atoms with van der Waals surface area (Å²) >= 11 is 0. The summed E-state index contributed by atoms with van der Waals surface area (Å²) in [5.74, 6) is -1.35. The zero-order valence-electron chi connectivity index (χ0n) is 13.6. The Hall–Kier alpha value is -1.84. The van der Waals surface area contributed by atoms with E-state index in [0.717, 1.165) is 18.4 Å². The van der Waals surface area contributed by atoms with Crippen molar-refractivity contribution < 1.29 is 14.7 Å². The van der Waals surface area contributed by atoms with Gasteiger partial charge >= 0.3 is 5.97 Å². The molecule has 1 aliphatic rings. The van der Waals surface area contributed by atoms with Crippen LogP contribution < -0.4 is 5.32 Å². The summed E-state index contributed by atoms with van der Waals surface area (Å²) in [6.45, 7) is 6.10. The van der Waals surface area contributed by atoms with Crippen LogP contribution in [-0.4, -0.2) is 17.0 Å². The third kappa shape index (κ3) is 3.87. The average Bonchev–Trinajstić information content (AvgIpc) is 2.50. The van der Waals surface area contributed by atoms with E-state index < -0.39 is 5.97 Å². The molecule has 1 saturated carbocycles. The second-order valence-corrected chi connectivity index (χ2v) is 6.47. The van der Waals surface area contributed by atoms with Gasteiger partial charge in [-0.15, -0.1) is 0 Å². The van der Waals surface area contributed by atoms with Gasteiger partial charge in [-0.05, 0) is 56.7 Å². The zero-order chi connectivity index (χ0) is 16.3. The first-order valence-corrected chi connectivity index (χ1v) is 7.98. The molecule has 1 aromatic rings. The van der Waals surface area contributed by atoms with Crippen LogP contribution in [0.4, 0.5) is 0 Å². The highest BCUT2D eigenvalue weighted by atomic mass is 16.4. The summed E-state index contributed by atoms with van der Waals surface area (Å²) in [5, 5.41) is 12.2. The summed E-state index contributed by atoms with van der Waals surface area (Å²) < 4.78 is 0. The maximum absolute atomic E-state index is 12.4. The maximum Gasteiger partial charge on any atom is 0.306 e. The monoisotopic (exact) mass is 303 g/mol. The van der Waals surface area contributed by atoms with Crippen LogP contribution in [0.25, 0.3) is 0 Å². The van der Waals surface area contributed by atoms with E-state index in [1.165, 1.54) is 11.1 Å². The highest BCUT2D eigenvalue weighted by Crippen LogP contribution is 2.30. The summed E-state index contributed by atoms with van der Waals surface area (Å²) in [6.07, 6.45) is 2.75. The molecule has 3 unspecified atom stereocenters. The number of aliphatic carboxylic acids is 1. The molecule has 22 heavy (non-hydrogen) atoms. The highest BCUT2D eigenvalue weighted by Gasteiger charge is 2.31. The number of benzene rings is 1. The molecule has 2 N–H and O–H groups in total. The number of nitrogens with one attached hydrogen (secondary N) is 1. The highest BCUT2D eigenvalue weighted by molar-refractivity contribution is 5.80. The molecule has 1 aromatic carbocycles. The Morgan fingerprint density at radius 1 is 1.18 bits per heavy atom. The van der Waals surface area contributed by atoms with Crippen molar-refractivity contribution in [2.24, 2.45) is 11.8 Å². The SMILES string of the molecule is Cc1ccc(C(C)NC(=O)C2CCCC(C(=O)O)C2)cc1C. The van der Waals surface area contributed by atoms with E-state index in [1.54, 1.807) is 0 Å². The van der Waals surface area contributed by atoms with Crippen LogP contribution in [0, 0.1) is 25.7 Å². The van der Waals surface area contributed by atoms with Crippen LogP contribution in [0.15, 0.2) is 18.2 Å². The fourth-order valence-corrected chi connectivity index (χ4v) is 3.10. The van der Waals surface area contributed by atoms with Gasteiger partial charge in [0.05, 0.1) is 12.0 Å². The van der Waals surface area contributed by atoms with Gasteiger partial charge in [0, 0.05) is 5.92 Å². The molecule has 0 aromatic heterocycles. The molecule has 1 amide bonds. The zero-order valence-corrected chi connectivity index (χ0v) is 13.6.